The monoisotopic (exact) mass is 279 g/mol. The molecule has 1 aromatic carbocycles. The van der Waals surface area contributed by atoms with Crippen LogP contribution in [0.5, 0.6) is 0 Å². The van der Waals surface area contributed by atoms with Gasteiger partial charge in [-0.2, -0.15) is 0 Å². The van der Waals surface area contributed by atoms with E-state index >= 15 is 0 Å². The lowest BCUT2D eigenvalue weighted by molar-refractivity contribution is 0.0770. The standard InChI is InChI=1S/C13H14BrNO/c1-10-5-6-11(12(14)9-10)13(16)15-7-3-2-4-8-15/h2-3,5-6,9H,4,7-8H2,1H3. The largest absolute Gasteiger partial charge is 0.335 e. The second-order valence-electron chi connectivity index (χ2n) is 3.99. The molecule has 1 amide bonds. The Bertz CT molecular complexity index is 440. The molecular weight excluding hydrogens is 266 g/mol. The average molecular weight is 280 g/mol. The molecule has 0 unspecified atom stereocenters. The summed E-state index contributed by atoms with van der Waals surface area (Å²) in [5, 5.41) is 0. The first-order chi connectivity index (χ1) is 7.68. The Hall–Kier alpha value is -1.09. The Kier molecular flexibility index (Phi) is 3.44. The van der Waals surface area contributed by atoms with Crippen molar-refractivity contribution in [3.8, 4) is 0 Å². The average Bonchev–Trinajstić information content (AvgIpc) is 2.29. The van der Waals surface area contributed by atoms with E-state index in [9.17, 15) is 4.79 Å². The van der Waals surface area contributed by atoms with E-state index in [-0.39, 0.29) is 5.91 Å². The third kappa shape index (κ3) is 2.35. The van der Waals surface area contributed by atoms with Gasteiger partial charge in [0.05, 0.1) is 5.56 Å². The van der Waals surface area contributed by atoms with Crippen LogP contribution in [0.15, 0.2) is 34.8 Å². The molecular formula is C13H14BrNO. The predicted octanol–water partition coefficient (Wildman–Crippen LogP) is 3.16. The van der Waals surface area contributed by atoms with Crippen molar-refractivity contribution in [1.29, 1.82) is 0 Å². The molecule has 1 aliphatic rings. The van der Waals surface area contributed by atoms with Crippen LogP contribution in [0.2, 0.25) is 0 Å². The lowest BCUT2D eigenvalue weighted by Gasteiger charge is -2.23. The predicted molar refractivity (Wildman–Crippen MR) is 68.5 cm³/mol. The number of hydrogen-bond donors (Lipinski definition) is 0. The highest BCUT2D eigenvalue weighted by Gasteiger charge is 2.17. The Morgan fingerprint density at radius 1 is 1.38 bits per heavy atom. The topological polar surface area (TPSA) is 20.3 Å². The Morgan fingerprint density at radius 2 is 2.19 bits per heavy atom. The number of carbonyl (C=O) groups excluding carboxylic acids is 1. The first-order valence-corrected chi connectivity index (χ1v) is 6.18. The summed E-state index contributed by atoms with van der Waals surface area (Å²) in [4.78, 5) is 14.1. The molecule has 1 aliphatic heterocycles. The van der Waals surface area contributed by atoms with E-state index < -0.39 is 0 Å². The zero-order valence-electron chi connectivity index (χ0n) is 9.24. The Morgan fingerprint density at radius 3 is 2.81 bits per heavy atom. The van der Waals surface area contributed by atoms with Gasteiger partial charge in [-0.25, -0.2) is 0 Å². The van der Waals surface area contributed by atoms with Crippen LogP contribution in [0.3, 0.4) is 0 Å². The molecule has 1 heterocycles. The fourth-order valence-corrected chi connectivity index (χ4v) is 2.45. The molecule has 0 spiro atoms. The van der Waals surface area contributed by atoms with E-state index in [0.29, 0.717) is 0 Å². The second kappa shape index (κ2) is 4.83. The van der Waals surface area contributed by atoms with Crippen LogP contribution in [0, 0.1) is 6.92 Å². The van der Waals surface area contributed by atoms with Crippen molar-refractivity contribution in [3.63, 3.8) is 0 Å². The highest BCUT2D eigenvalue weighted by Crippen LogP contribution is 2.20. The third-order valence-corrected chi connectivity index (χ3v) is 3.36. The van der Waals surface area contributed by atoms with E-state index in [0.717, 1.165) is 35.1 Å². The number of aryl methyl sites for hydroxylation is 1. The molecule has 0 aromatic heterocycles. The lowest BCUT2D eigenvalue weighted by atomic mass is 10.1. The molecule has 2 rings (SSSR count). The van der Waals surface area contributed by atoms with Crippen molar-refractivity contribution in [2.24, 2.45) is 0 Å². The van der Waals surface area contributed by atoms with Crippen LogP contribution in [-0.2, 0) is 0 Å². The van der Waals surface area contributed by atoms with Crippen molar-refractivity contribution in [2.45, 2.75) is 13.3 Å². The molecule has 0 aliphatic carbocycles. The molecule has 16 heavy (non-hydrogen) atoms. The maximum absolute atomic E-state index is 12.2. The van der Waals surface area contributed by atoms with E-state index in [4.69, 9.17) is 0 Å². The van der Waals surface area contributed by atoms with Gasteiger partial charge in [-0.05, 0) is 47.0 Å². The zero-order chi connectivity index (χ0) is 11.5. The molecule has 1 aromatic rings. The molecule has 0 atom stereocenters. The van der Waals surface area contributed by atoms with Gasteiger partial charge in [-0.1, -0.05) is 18.2 Å². The van der Waals surface area contributed by atoms with Crippen LogP contribution in [0.1, 0.15) is 22.3 Å². The molecule has 0 radical (unpaired) electrons. The van der Waals surface area contributed by atoms with Gasteiger partial charge in [0.25, 0.3) is 5.91 Å². The minimum absolute atomic E-state index is 0.108. The van der Waals surface area contributed by atoms with E-state index in [1.54, 1.807) is 0 Å². The summed E-state index contributed by atoms with van der Waals surface area (Å²) in [6.45, 7) is 3.55. The first kappa shape index (κ1) is 11.4. The number of carbonyl (C=O) groups is 1. The number of halogens is 1. The van der Waals surface area contributed by atoms with E-state index in [1.807, 2.05) is 36.1 Å². The Balaban J connectivity index is 2.23. The first-order valence-electron chi connectivity index (χ1n) is 5.39. The minimum atomic E-state index is 0.108. The number of benzene rings is 1. The maximum atomic E-state index is 12.2. The van der Waals surface area contributed by atoms with Gasteiger partial charge in [0, 0.05) is 17.6 Å². The summed E-state index contributed by atoms with van der Waals surface area (Å²) < 4.78 is 0.882. The third-order valence-electron chi connectivity index (χ3n) is 2.70. The zero-order valence-corrected chi connectivity index (χ0v) is 10.8. The number of amides is 1. The molecule has 0 bridgehead atoms. The molecule has 0 saturated carbocycles. The van der Waals surface area contributed by atoms with Gasteiger partial charge in [0.15, 0.2) is 0 Å². The molecule has 0 N–H and O–H groups in total. The van der Waals surface area contributed by atoms with Gasteiger partial charge in [-0.15, -0.1) is 0 Å². The van der Waals surface area contributed by atoms with Gasteiger partial charge in [0.2, 0.25) is 0 Å². The van der Waals surface area contributed by atoms with Crippen LogP contribution in [0.4, 0.5) is 0 Å². The number of hydrogen-bond acceptors (Lipinski definition) is 1. The van der Waals surface area contributed by atoms with Crippen molar-refractivity contribution in [2.75, 3.05) is 13.1 Å². The van der Waals surface area contributed by atoms with Crippen LogP contribution in [-0.4, -0.2) is 23.9 Å². The van der Waals surface area contributed by atoms with E-state index in [2.05, 4.69) is 22.0 Å². The quantitative estimate of drug-likeness (QED) is 0.724. The summed E-state index contributed by atoms with van der Waals surface area (Å²) in [6, 6.07) is 5.84. The number of rotatable bonds is 1. The number of nitrogens with zero attached hydrogens (tertiary/aromatic N) is 1. The SMILES string of the molecule is Cc1ccc(C(=O)N2CC=CCC2)c(Br)c1. The molecule has 3 heteroatoms. The molecule has 84 valence electrons. The van der Waals surface area contributed by atoms with Crippen LogP contribution >= 0.6 is 15.9 Å². The maximum Gasteiger partial charge on any atom is 0.255 e. The van der Waals surface area contributed by atoms with Crippen LogP contribution < -0.4 is 0 Å². The summed E-state index contributed by atoms with van der Waals surface area (Å²) in [6.07, 6.45) is 5.12. The van der Waals surface area contributed by atoms with Gasteiger partial charge < -0.3 is 4.90 Å². The van der Waals surface area contributed by atoms with Gasteiger partial charge in [-0.3, -0.25) is 4.79 Å². The smallest absolute Gasteiger partial charge is 0.255 e. The van der Waals surface area contributed by atoms with Gasteiger partial charge in [0.1, 0.15) is 0 Å². The fraction of sp³-hybridized carbons (Fsp3) is 0.308. The highest BCUT2D eigenvalue weighted by molar-refractivity contribution is 9.10. The highest BCUT2D eigenvalue weighted by atomic mass is 79.9. The summed E-state index contributed by atoms with van der Waals surface area (Å²) in [5.41, 5.74) is 1.91. The summed E-state index contributed by atoms with van der Waals surface area (Å²) in [5.74, 6) is 0.108. The van der Waals surface area contributed by atoms with Crippen LogP contribution in [0.25, 0.3) is 0 Å². The van der Waals surface area contributed by atoms with Gasteiger partial charge >= 0.3 is 0 Å². The summed E-state index contributed by atoms with van der Waals surface area (Å²) in [7, 11) is 0. The molecule has 0 fully saturated rings. The second-order valence-corrected chi connectivity index (χ2v) is 4.85. The van der Waals surface area contributed by atoms with Crippen molar-refractivity contribution in [3.05, 3.63) is 46.0 Å². The lowest BCUT2D eigenvalue weighted by Crippen LogP contribution is -2.33. The fourth-order valence-electron chi connectivity index (χ4n) is 1.79. The Labute approximate surface area is 104 Å². The molecule has 2 nitrogen and oxygen atoms in total. The van der Waals surface area contributed by atoms with Crippen molar-refractivity contribution in [1.82, 2.24) is 4.90 Å². The summed E-state index contributed by atoms with van der Waals surface area (Å²) >= 11 is 3.45. The molecule has 0 saturated heterocycles. The van der Waals surface area contributed by atoms with E-state index in [1.165, 1.54) is 0 Å². The van der Waals surface area contributed by atoms with Crippen molar-refractivity contribution >= 4 is 21.8 Å². The minimum Gasteiger partial charge on any atom is -0.335 e. The van der Waals surface area contributed by atoms with Crippen molar-refractivity contribution < 1.29 is 4.79 Å². The normalized spacial score (nSPS) is 15.2.